The molecule has 1 N–H and O–H groups in total. The van der Waals surface area contributed by atoms with Crippen LogP contribution in [-0.4, -0.2) is 26.8 Å². The molecule has 0 saturated heterocycles. The summed E-state index contributed by atoms with van der Waals surface area (Å²) in [5.41, 5.74) is 1.50. The molecule has 0 aliphatic heterocycles. The molecule has 1 unspecified atom stereocenters. The lowest BCUT2D eigenvalue weighted by Crippen LogP contribution is -2.21. The Morgan fingerprint density at radius 2 is 2.14 bits per heavy atom. The van der Waals surface area contributed by atoms with Gasteiger partial charge in [0, 0.05) is 22.8 Å². The molecular formula is C17H24BrNOS. The highest BCUT2D eigenvalue weighted by atomic mass is 79.9. The number of rotatable bonds is 9. The summed E-state index contributed by atoms with van der Waals surface area (Å²) in [4.78, 5) is 0. The molecule has 4 heteroatoms. The van der Waals surface area contributed by atoms with Crippen molar-refractivity contribution in [3.05, 3.63) is 33.6 Å². The summed E-state index contributed by atoms with van der Waals surface area (Å²) in [6.45, 7) is 5.18. The Bertz CT molecular complexity index is 555. The van der Waals surface area contributed by atoms with E-state index in [4.69, 9.17) is 4.74 Å². The van der Waals surface area contributed by atoms with Gasteiger partial charge >= 0.3 is 0 Å². The fraction of sp³-hybridized carbons (Fsp3) is 0.529. The summed E-state index contributed by atoms with van der Waals surface area (Å²) in [7, 11) is 1.74. The van der Waals surface area contributed by atoms with Crippen molar-refractivity contribution in [3.8, 4) is 0 Å². The fourth-order valence-corrected chi connectivity index (χ4v) is 4.12. The highest BCUT2D eigenvalue weighted by Crippen LogP contribution is 2.33. The maximum absolute atomic E-state index is 5.03. The first kappa shape index (κ1) is 16.9. The van der Waals surface area contributed by atoms with Crippen molar-refractivity contribution in [1.29, 1.82) is 0 Å². The highest BCUT2D eigenvalue weighted by Gasteiger charge is 2.08. The zero-order valence-corrected chi connectivity index (χ0v) is 15.2. The molecule has 0 aliphatic carbocycles. The Kier molecular flexibility index (Phi) is 7.17. The van der Waals surface area contributed by atoms with E-state index in [1.165, 1.54) is 39.4 Å². The van der Waals surface area contributed by atoms with Crippen LogP contribution in [-0.2, 0) is 11.2 Å². The first-order chi connectivity index (χ1) is 10.2. The molecule has 1 aromatic heterocycles. The molecule has 0 bridgehead atoms. The van der Waals surface area contributed by atoms with Crippen molar-refractivity contribution in [2.24, 2.45) is 5.92 Å². The minimum atomic E-state index is 0.752. The van der Waals surface area contributed by atoms with E-state index in [1.807, 2.05) is 11.3 Å². The Hall–Kier alpha value is -0.420. The van der Waals surface area contributed by atoms with Gasteiger partial charge in [0.15, 0.2) is 0 Å². The molecule has 0 spiro atoms. The molecule has 0 fully saturated rings. The molecule has 2 rings (SSSR count). The topological polar surface area (TPSA) is 21.3 Å². The maximum atomic E-state index is 5.03. The third-order valence-corrected chi connectivity index (χ3v) is 5.84. The van der Waals surface area contributed by atoms with E-state index in [9.17, 15) is 0 Å². The number of hydrogen-bond acceptors (Lipinski definition) is 3. The van der Waals surface area contributed by atoms with Crippen LogP contribution in [0.15, 0.2) is 28.1 Å². The summed E-state index contributed by atoms with van der Waals surface area (Å²) < 4.78 is 7.62. The minimum Gasteiger partial charge on any atom is -0.383 e. The van der Waals surface area contributed by atoms with Crippen LogP contribution in [0.25, 0.3) is 10.1 Å². The van der Waals surface area contributed by atoms with Gasteiger partial charge in [0.05, 0.1) is 6.61 Å². The second-order valence-electron chi connectivity index (χ2n) is 5.55. The third kappa shape index (κ3) is 5.06. The Labute approximate surface area is 140 Å². The van der Waals surface area contributed by atoms with Crippen molar-refractivity contribution < 1.29 is 4.74 Å². The molecule has 21 heavy (non-hydrogen) atoms. The van der Waals surface area contributed by atoms with Crippen LogP contribution >= 0.6 is 27.3 Å². The smallest absolute Gasteiger partial charge is 0.0587 e. The number of nitrogens with one attached hydrogen (secondary N) is 1. The van der Waals surface area contributed by atoms with Gasteiger partial charge in [-0.25, -0.2) is 0 Å². The van der Waals surface area contributed by atoms with Crippen molar-refractivity contribution in [2.45, 2.75) is 26.2 Å². The van der Waals surface area contributed by atoms with Crippen LogP contribution < -0.4 is 5.32 Å². The van der Waals surface area contributed by atoms with Crippen molar-refractivity contribution >= 4 is 37.4 Å². The molecule has 0 saturated carbocycles. The van der Waals surface area contributed by atoms with Crippen LogP contribution in [0.3, 0.4) is 0 Å². The molecule has 2 nitrogen and oxygen atoms in total. The highest BCUT2D eigenvalue weighted by molar-refractivity contribution is 9.10. The van der Waals surface area contributed by atoms with E-state index >= 15 is 0 Å². The van der Waals surface area contributed by atoms with Gasteiger partial charge in [0.1, 0.15) is 0 Å². The van der Waals surface area contributed by atoms with Crippen molar-refractivity contribution in [3.63, 3.8) is 0 Å². The van der Waals surface area contributed by atoms with E-state index in [0.717, 1.165) is 25.6 Å². The lowest BCUT2D eigenvalue weighted by molar-refractivity contribution is 0.199. The van der Waals surface area contributed by atoms with Gasteiger partial charge in [0.25, 0.3) is 0 Å². The molecule has 116 valence electrons. The van der Waals surface area contributed by atoms with Gasteiger partial charge in [-0.3, -0.25) is 0 Å². The van der Waals surface area contributed by atoms with Gasteiger partial charge in [0.2, 0.25) is 0 Å². The third-order valence-electron chi connectivity index (χ3n) is 3.84. The molecule has 1 heterocycles. The number of hydrogen-bond donors (Lipinski definition) is 1. The quantitative estimate of drug-likeness (QED) is 0.637. The number of ether oxygens (including phenoxy) is 1. The van der Waals surface area contributed by atoms with Crippen molar-refractivity contribution in [2.75, 3.05) is 26.8 Å². The largest absolute Gasteiger partial charge is 0.383 e. The lowest BCUT2D eigenvalue weighted by atomic mass is 9.98. The monoisotopic (exact) mass is 369 g/mol. The summed E-state index contributed by atoms with van der Waals surface area (Å²) in [6.07, 6.45) is 3.66. The van der Waals surface area contributed by atoms with Crippen LogP contribution in [0.5, 0.6) is 0 Å². The first-order valence-corrected chi connectivity index (χ1v) is 9.24. The number of benzene rings is 1. The van der Waals surface area contributed by atoms with E-state index < -0.39 is 0 Å². The molecular weight excluding hydrogens is 346 g/mol. The van der Waals surface area contributed by atoms with Gasteiger partial charge in [-0.15, -0.1) is 11.3 Å². The van der Waals surface area contributed by atoms with Gasteiger partial charge in [-0.1, -0.05) is 19.1 Å². The number of halogens is 1. The number of methoxy groups -OCH3 is 1. The zero-order valence-electron chi connectivity index (χ0n) is 12.8. The SMILES string of the molecule is COCCNCCC(C)CCc1csc2c(Br)cccc12. The fourth-order valence-electron chi connectivity index (χ4n) is 2.46. The van der Waals surface area contributed by atoms with Gasteiger partial charge in [-0.05, 0) is 70.1 Å². The standard InChI is InChI=1S/C17H24BrNOS/c1-13(8-9-19-10-11-20-2)6-7-14-12-21-17-15(14)4-3-5-16(17)18/h3-5,12-13,19H,6-11H2,1-2H3. The maximum Gasteiger partial charge on any atom is 0.0587 e. The van der Waals surface area contributed by atoms with E-state index in [2.05, 4.69) is 51.7 Å². The van der Waals surface area contributed by atoms with Gasteiger partial charge in [-0.2, -0.15) is 0 Å². The summed E-state index contributed by atoms with van der Waals surface area (Å²) in [6, 6.07) is 6.49. The van der Waals surface area contributed by atoms with E-state index in [0.29, 0.717) is 0 Å². The zero-order chi connectivity index (χ0) is 15.1. The number of aryl methyl sites for hydroxylation is 1. The molecule has 0 amide bonds. The molecule has 2 aromatic rings. The molecule has 1 aromatic carbocycles. The van der Waals surface area contributed by atoms with E-state index in [-0.39, 0.29) is 0 Å². The second kappa shape index (κ2) is 8.89. The normalized spacial score (nSPS) is 12.9. The molecule has 0 radical (unpaired) electrons. The predicted molar refractivity (Wildman–Crippen MR) is 96.4 cm³/mol. The minimum absolute atomic E-state index is 0.752. The summed E-state index contributed by atoms with van der Waals surface area (Å²) in [5, 5.41) is 7.15. The Morgan fingerprint density at radius 3 is 2.95 bits per heavy atom. The Balaban J connectivity index is 1.78. The van der Waals surface area contributed by atoms with Crippen LogP contribution in [0, 0.1) is 5.92 Å². The van der Waals surface area contributed by atoms with Crippen LogP contribution in [0.1, 0.15) is 25.3 Å². The molecule has 1 atom stereocenters. The number of fused-ring (bicyclic) bond motifs is 1. The first-order valence-electron chi connectivity index (χ1n) is 7.56. The van der Waals surface area contributed by atoms with Gasteiger partial charge < -0.3 is 10.1 Å². The van der Waals surface area contributed by atoms with E-state index in [1.54, 1.807) is 7.11 Å². The second-order valence-corrected chi connectivity index (χ2v) is 7.29. The average Bonchev–Trinajstić information content (AvgIpc) is 2.89. The summed E-state index contributed by atoms with van der Waals surface area (Å²) in [5.74, 6) is 0.752. The number of thiophene rings is 1. The van der Waals surface area contributed by atoms with Crippen LogP contribution in [0.2, 0.25) is 0 Å². The summed E-state index contributed by atoms with van der Waals surface area (Å²) >= 11 is 5.48. The molecule has 0 aliphatic rings. The predicted octanol–water partition coefficient (Wildman–Crippen LogP) is 4.86. The Morgan fingerprint density at radius 1 is 1.29 bits per heavy atom. The van der Waals surface area contributed by atoms with Crippen molar-refractivity contribution in [1.82, 2.24) is 5.32 Å². The lowest BCUT2D eigenvalue weighted by Gasteiger charge is -2.11. The average molecular weight is 370 g/mol. The van der Waals surface area contributed by atoms with Crippen LogP contribution in [0.4, 0.5) is 0 Å².